The molecule has 4 unspecified atom stereocenters. The van der Waals surface area contributed by atoms with E-state index in [2.05, 4.69) is 234 Å². The molecule has 2 saturated carbocycles. The Hall–Kier alpha value is -5.78. The first-order chi connectivity index (χ1) is 36.8. The number of hydrogen-bond acceptors (Lipinski definition) is 4. The van der Waals surface area contributed by atoms with Gasteiger partial charge in [0.1, 0.15) is 0 Å². The largest absolute Gasteiger partial charge is 0.335 e. The van der Waals surface area contributed by atoms with Crippen molar-refractivity contribution in [1.29, 1.82) is 0 Å². The Morgan fingerprint density at radius 1 is 0.487 bits per heavy atom. The monoisotopic (exact) mass is 1040 g/mol. The summed E-state index contributed by atoms with van der Waals surface area (Å²) in [5.41, 5.74) is 26.2. The highest BCUT2D eigenvalue weighted by molar-refractivity contribution is 7.26. The molecule has 0 N–H and O–H groups in total. The summed E-state index contributed by atoms with van der Waals surface area (Å²) in [6, 6.07) is 47.9. The normalized spacial score (nSPS) is 25.2. The van der Waals surface area contributed by atoms with Crippen LogP contribution in [0.15, 0.2) is 115 Å². The van der Waals surface area contributed by atoms with Gasteiger partial charge in [-0.05, 0) is 165 Å². The van der Waals surface area contributed by atoms with Crippen molar-refractivity contribution in [3.05, 3.63) is 154 Å². The molecule has 4 atom stereocenters. The predicted octanol–water partition coefficient (Wildman–Crippen LogP) is 18.4. The standard InChI is InChI=1S/C73H80BN3S/c1-66(2,3)44-25-28-56-52(36-44)70(12)31-19-21-33-72(70,14)76(56)47-39-58-63-59(40-47)77-64-53(71(13)32-20-22-34-73(71,77)15)37-46(67(4,5)6)38-55(64)74(63)54-27-30-61-62-49-35-45(26-29-60(49)78-61)69(10,11)51-42-57(75(58)65(54)62)48(41-50(51)68(7,8)9)43-23-17-16-18-24-43/h16-18,23-30,35-42H,19-22,31-34H2,1-15H3. The summed E-state index contributed by atoms with van der Waals surface area (Å²) >= 11 is 1.98. The van der Waals surface area contributed by atoms with Crippen molar-refractivity contribution in [2.75, 3.05) is 14.7 Å². The van der Waals surface area contributed by atoms with Crippen LogP contribution >= 0.6 is 11.3 Å². The SMILES string of the molecule is CC(C)(C)c1ccc2c(c1)C1(C)CCCCC1(C)N2c1cc2c3c(c1)N1c4c(cc(C(C)(C)C)cc4C4(C)CCCCC14C)B3c1ccc3sc4ccc5cc4c3c1N2c1cc(c(C(C)(C)C)cc1-c1ccccc1)C5(C)C. The van der Waals surface area contributed by atoms with Gasteiger partial charge in [-0.25, -0.2) is 0 Å². The molecule has 0 radical (unpaired) electrons. The molecule has 15 rings (SSSR count). The van der Waals surface area contributed by atoms with Crippen LogP contribution in [0.3, 0.4) is 0 Å². The first-order valence-electron chi connectivity index (χ1n) is 30.0. The van der Waals surface area contributed by atoms with Gasteiger partial charge in [0, 0.05) is 70.4 Å². The maximum Gasteiger partial charge on any atom is 0.252 e. The highest BCUT2D eigenvalue weighted by atomic mass is 32.1. The molecule has 7 aliphatic rings. The van der Waals surface area contributed by atoms with E-state index in [-0.39, 0.29) is 50.3 Å². The van der Waals surface area contributed by atoms with Crippen molar-refractivity contribution in [2.45, 2.75) is 199 Å². The van der Waals surface area contributed by atoms with E-state index in [1.165, 1.54) is 160 Å². The van der Waals surface area contributed by atoms with Gasteiger partial charge >= 0.3 is 0 Å². The number of thiophene rings is 1. The molecule has 6 heterocycles. The molecule has 2 fully saturated rings. The molecule has 3 nitrogen and oxygen atoms in total. The van der Waals surface area contributed by atoms with Crippen LogP contribution < -0.4 is 31.1 Å². The number of benzene rings is 7. The Labute approximate surface area is 470 Å². The average Bonchev–Trinajstić information content (AvgIpc) is 4.04. The minimum Gasteiger partial charge on any atom is -0.335 e. The molecule has 0 amide bonds. The van der Waals surface area contributed by atoms with Gasteiger partial charge in [-0.3, -0.25) is 0 Å². The van der Waals surface area contributed by atoms with Crippen LogP contribution in [-0.4, -0.2) is 17.8 Å². The van der Waals surface area contributed by atoms with Crippen LogP contribution in [0.2, 0.25) is 0 Å². The van der Waals surface area contributed by atoms with E-state index in [1.54, 1.807) is 11.1 Å². The summed E-state index contributed by atoms with van der Waals surface area (Å²) in [4.78, 5) is 8.78. The lowest BCUT2D eigenvalue weighted by Gasteiger charge is -2.54. The Morgan fingerprint density at radius 2 is 1.13 bits per heavy atom. The lowest BCUT2D eigenvalue weighted by atomic mass is 9.33. The number of hydrogen-bond donors (Lipinski definition) is 0. The molecule has 396 valence electrons. The van der Waals surface area contributed by atoms with Crippen molar-refractivity contribution in [3.8, 4) is 11.1 Å². The molecule has 5 heteroatoms. The summed E-state index contributed by atoms with van der Waals surface area (Å²) in [6.45, 7) is 37.5. The lowest BCUT2D eigenvalue weighted by molar-refractivity contribution is 0.194. The van der Waals surface area contributed by atoms with E-state index in [0.717, 1.165) is 6.42 Å². The quantitative estimate of drug-likeness (QED) is 0.160. The van der Waals surface area contributed by atoms with Crippen molar-refractivity contribution in [3.63, 3.8) is 0 Å². The second kappa shape index (κ2) is 15.4. The molecule has 8 aromatic rings. The van der Waals surface area contributed by atoms with Gasteiger partial charge in [0.15, 0.2) is 0 Å². The number of nitrogens with zero attached hydrogens (tertiary/aromatic N) is 3. The van der Waals surface area contributed by atoms with E-state index in [0.29, 0.717) is 0 Å². The minimum atomic E-state index is -0.288. The zero-order chi connectivity index (χ0) is 54.4. The molecular formula is C73H80BN3S. The third-order valence-electron chi connectivity index (χ3n) is 22.4. The Morgan fingerprint density at radius 3 is 1.82 bits per heavy atom. The lowest BCUT2D eigenvalue weighted by Crippen LogP contribution is -2.64. The van der Waals surface area contributed by atoms with Crippen LogP contribution in [0.1, 0.15) is 194 Å². The van der Waals surface area contributed by atoms with Gasteiger partial charge in [0.2, 0.25) is 0 Å². The van der Waals surface area contributed by atoms with E-state index in [9.17, 15) is 0 Å². The second-order valence-corrected chi connectivity index (χ2v) is 31.1. The molecule has 2 aliphatic carbocycles. The highest BCUT2D eigenvalue weighted by Gasteiger charge is 2.63. The van der Waals surface area contributed by atoms with Crippen LogP contribution in [0.25, 0.3) is 31.3 Å². The first kappa shape index (κ1) is 49.3. The van der Waals surface area contributed by atoms with Gasteiger partial charge in [0.05, 0.1) is 22.5 Å². The fraction of sp³-hybridized carbons (Fsp3) is 0.425. The van der Waals surface area contributed by atoms with E-state index < -0.39 is 0 Å². The molecule has 78 heavy (non-hydrogen) atoms. The molecule has 0 saturated heterocycles. The summed E-state index contributed by atoms with van der Waals surface area (Å²) in [5.74, 6) is 0. The summed E-state index contributed by atoms with van der Waals surface area (Å²) < 4.78 is 2.73. The second-order valence-electron chi connectivity index (χ2n) is 30.0. The van der Waals surface area contributed by atoms with E-state index in [4.69, 9.17) is 0 Å². The molecule has 0 spiro atoms. The first-order valence-corrected chi connectivity index (χ1v) is 30.8. The van der Waals surface area contributed by atoms with Crippen LogP contribution in [0, 0.1) is 0 Å². The Balaban J connectivity index is 1.15. The van der Waals surface area contributed by atoms with Crippen molar-refractivity contribution in [1.82, 2.24) is 0 Å². The van der Waals surface area contributed by atoms with Crippen molar-refractivity contribution in [2.24, 2.45) is 0 Å². The van der Waals surface area contributed by atoms with Crippen LogP contribution in [-0.2, 0) is 32.5 Å². The maximum atomic E-state index is 3.00. The van der Waals surface area contributed by atoms with E-state index >= 15 is 0 Å². The van der Waals surface area contributed by atoms with Gasteiger partial charge in [-0.15, -0.1) is 11.3 Å². The topological polar surface area (TPSA) is 9.72 Å². The zero-order valence-corrected chi connectivity index (χ0v) is 50.3. The molecule has 1 aromatic heterocycles. The summed E-state index contributed by atoms with van der Waals surface area (Å²) in [5, 5.41) is 2.79. The average molecular weight is 1040 g/mol. The Bertz CT molecular complexity index is 3950. The van der Waals surface area contributed by atoms with Gasteiger partial charge < -0.3 is 14.7 Å². The number of anilines is 7. The number of rotatable bonds is 2. The van der Waals surface area contributed by atoms with E-state index in [1.807, 2.05) is 11.3 Å². The maximum absolute atomic E-state index is 3.00. The van der Waals surface area contributed by atoms with Crippen molar-refractivity contribution < 1.29 is 0 Å². The summed E-state index contributed by atoms with van der Waals surface area (Å²) in [6.07, 6.45) is 9.72. The third kappa shape index (κ3) is 6.08. The molecule has 5 aliphatic heterocycles. The fourth-order valence-corrected chi connectivity index (χ4v) is 18.5. The predicted molar refractivity (Wildman–Crippen MR) is 338 cm³/mol. The minimum absolute atomic E-state index is 0.0191. The molecule has 4 bridgehead atoms. The number of fused-ring (bicyclic) bond motifs is 14. The summed E-state index contributed by atoms with van der Waals surface area (Å²) in [7, 11) is 0. The molecular weight excluding hydrogens is 962 g/mol. The van der Waals surface area contributed by atoms with Crippen LogP contribution in [0.5, 0.6) is 0 Å². The zero-order valence-electron chi connectivity index (χ0n) is 49.5. The highest BCUT2D eigenvalue weighted by Crippen LogP contribution is 2.66. The van der Waals surface area contributed by atoms with Crippen molar-refractivity contribution >= 4 is 94.4 Å². The third-order valence-corrected chi connectivity index (χ3v) is 23.5. The van der Waals surface area contributed by atoms with Gasteiger partial charge in [-0.2, -0.15) is 0 Å². The van der Waals surface area contributed by atoms with Crippen LogP contribution in [0.4, 0.5) is 39.8 Å². The Kier molecular flexibility index (Phi) is 9.70. The fourth-order valence-electron chi connectivity index (χ4n) is 17.4. The van der Waals surface area contributed by atoms with Gasteiger partial charge in [-0.1, -0.05) is 182 Å². The molecule has 7 aromatic carbocycles. The smallest absolute Gasteiger partial charge is 0.252 e. The van der Waals surface area contributed by atoms with Gasteiger partial charge in [0.25, 0.3) is 6.71 Å².